The van der Waals surface area contributed by atoms with E-state index in [-0.39, 0.29) is 18.0 Å². The van der Waals surface area contributed by atoms with E-state index in [0.717, 1.165) is 11.1 Å². The summed E-state index contributed by atoms with van der Waals surface area (Å²) in [7, 11) is 0. The molecule has 0 aliphatic carbocycles. The topological polar surface area (TPSA) is 67.2 Å². The minimum absolute atomic E-state index is 0.0980. The van der Waals surface area contributed by atoms with Crippen molar-refractivity contribution in [3.8, 4) is 11.1 Å². The van der Waals surface area contributed by atoms with E-state index >= 15 is 0 Å². The van der Waals surface area contributed by atoms with Crippen LogP contribution in [0.5, 0.6) is 0 Å². The zero-order valence-electron chi connectivity index (χ0n) is 18.3. The van der Waals surface area contributed by atoms with E-state index in [1.165, 1.54) is 4.57 Å². The normalized spacial score (nSPS) is 10.8. The van der Waals surface area contributed by atoms with Crippen molar-refractivity contribution in [3.05, 3.63) is 89.2 Å². The summed E-state index contributed by atoms with van der Waals surface area (Å²) in [6.45, 7) is 5.19. The molecule has 4 aromatic rings. The van der Waals surface area contributed by atoms with Crippen LogP contribution in [0.1, 0.15) is 13.8 Å². The third kappa shape index (κ3) is 4.25. The number of hydrogen-bond acceptors (Lipinski definition) is 4. The van der Waals surface area contributed by atoms with Crippen LogP contribution in [0.15, 0.2) is 83.7 Å². The van der Waals surface area contributed by atoms with Gasteiger partial charge in [0, 0.05) is 24.3 Å². The van der Waals surface area contributed by atoms with Gasteiger partial charge in [-0.15, -0.1) is 0 Å². The molecular formula is C26H26N4O2. The van der Waals surface area contributed by atoms with Crippen molar-refractivity contribution in [3.63, 3.8) is 0 Å². The van der Waals surface area contributed by atoms with Crippen LogP contribution in [-0.4, -0.2) is 28.5 Å². The van der Waals surface area contributed by atoms with Gasteiger partial charge in [0.25, 0.3) is 5.56 Å². The quantitative estimate of drug-likeness (QED) is 0.471. The number of fused-ring (bicyclic) bond motifs is 1. The van der Waals surface area contributed by atoms with Gasteiger partial charge in [-0.25, -0.2) is 4.98 Å². The van der Waals surface area contributed by atoms with Crippen LogP contribution in [0.3, 0.4) is 0 Å². The van der Waals surface area contributed by atoms with Crippen molar-refractivity contribution in [1.82, 2.24) is 9.55 Å². The third-order valence-electron chi connectivity index (χ3n) is 5.49. The van der Waals surface area contributed by atoms with E-state index in [1.54, 1.807) is 0 Å². The zero-order valence-corrected chi connectivity index (χ0v) is 18.3. The van der Waals surface area contributed by atoms with Gasteiger partial charge in [0.15, 0.2) is 5.82 Å². The van der Waals surface area contributed by atoms with Gasteiger partial charge >= 0.3 is 0 Å². The van der Waals surface area contributed by atoms with Gasteiger partial charge < -0.3 is 10.2 Å². The second-order valence-electron chi connectivity index (χ2n) is 7.45. The Balaban J connectivity index is 1.70. The Morgan fingerprint density at radius 1 is 0.906 bits per heavy atom. The van der Waals surface area contributed by atoms with Gasteiger partial charge in [-0.05, 0) is 37.6 Å². The molecule has 1 aromatic heterocycles. The molecule has 3 aromatic carbocycles. The number of hydrogen-bond donors (Lipinski definition) is 1. The number of benzene rings is 3. The first-order chi connectivity index (χ1) is 15.6. The van der Waals surface area contributed by atoms with Crippen molar-refractivity contribution in [2.75, 3.05) is 23.3 Å². The SMILES string of the molecule is CCN(CC)c1nc2ccccc2n(CC(=O)Nc2ccccc2-c2ccccc2)c1=O. The number of rotatable bonds is 7. The Hall–Kier alpha value is -3.93. The maximum atomic E-state index is 13.3. The summed E-state index contributed by atoms with van der Waals surface area (Å²) in [6.07, 6.45) is 0. The molecule has 0 aliphatic rings. The molecule has 162 valence electrons. The number of para-hydroxylation sites is 3. The Kier molecular flexibility index (Phi) is 6.31. The second-order valence-corrected chi connectivity index (χ2v) is 7.45. The summed E-state index contributed by atoms with van der Waals surface area (Å²) in [6, 6.07) is 25.0. The van der Waals surface area contributed by atoms with Crippen molar-refractivity contribution in [2.24, 2.45) is 0 Å². The number of nitrogens with zero attached hydrogens (tertiary/aromatic N) is 3. The van der Waals surface area contributed by atoms with Gasteiger partial charge in [-0.1, -0.05) is 60.7 Å². The Labute approximate surface area is 187 Å². The molecular weight excluding hydrogens is 400 g/mol. The fourth-order valence-electron chi connectivity index (χ4n) is 3.86. The highest BCUT2D eigenvalue weighted by Crippen LogP contribution is 2.27. The van der Waals surface area contributed by atoms with Gasteiger partial charge in [0.2, 0.25) is 5.91 Å². The van der Waals surface area contributed by atoms with Crippen LogP contribution >= 0.6 is 0 Å². The molecule has 0 radical (unpaired) electrons. The lowest BCUT2D eigenvalue weighted by Gasteiger charge is -2.21. The van der Waals surface area contributed by atoms with Crippen LogP contribution in [0.2, 0.25) is 0 Å². The smallest absolute Gasteiger partial charge is 0.294 e. The lowest BCUT2D eigenvalue weighted by atomic mass is 10.0. The number of aromatic nitrogens is 2. The predicted octanol–water partition coefficient (Wildman–Crippen LogP) is 4.55. The zero-order chi connectivity index (χ0) is 22.5. The van der Waals surface area contributed by atoms with Crippen LogP contribution < -0.4 is 15.8 Å². The third-order valence-corrected chi connectivity index (χ3v) is 5.49. The minimum Gasteiger partial charge on any atom is -0.353 e. The molecule has 6 heteroatoms. The first-order valence-corrected chi connectivity index (χ1v) is 10.8. The highest BCUT2D eigenvalue weighted by Gasteiger charge is 2.17. The molecule has 1 N–H and O–H groups in total. The monoisotopic (exact) mass is 426 g/mol. The van der Waals surface area contributed by atoms with Gasteiger partial charge in [-0.3, -0.25) is 14.2 Å². The number of carbonyl (C=O) groups is 1. The second kappa shape index (κ2) is 9.47. The predicted molar refractivity (Wildman–Crippen MR) is 130 cm³/mol. The molecule has 0 atom stereocenters. The van der Waals surface area contributed by atoms with Crippen molar-refractivity contribution >= 4 is 28.4 Å². The van der Waals surface area contributed by atoms with Crippen LogP contribution in [0.25, 0.3) is 22.2 Å². The average molecular weight is 427 g/mol. The van der Waals surface area contributed by atoms with Crippen molar-refractivity contribution < 1.29 is 4.79 Å². The first kappa shape index (κ1) is 21.3. The maximum absolute atomic E-state index is 13.3. The van der Waals surface area contributed by atoms with E-state index in [2.05, 4.69) is 10.3 Å². The van der Waals surface area contributed by atoms with E-state index < -0.39 is 0 Å². The van der Waals surface area contributed by atoms with E-state index in [1.807, 2.05) is 97.6 Å². The molecule has 0 spiro atoms. The maximum Gasteiger partial charge on any atom is 0.294 e. The summed E-state index contributed by atoms with van der Waals surface area (Å²) in [5, 5.41) is 2.99. The average Bonchev–Trinajstić information content (AvgIpc) is 2.83. The molecule has 4 rings (SSSR count). The van der Waals surface area contributed by atoms with Crippen LogP contribution in [0, 0.1) is 0 Å². The van der Waals surface area contributed by atoms with Gasteiger partial charge in [-0.2, -0.15) is 0 Å². The number of anilines is 2. The van der Waals surface area contributed by atoms with E-state index in [4.69, 9.17) is 0 Å². The fraction of sp³-hybridized carbons (Fsp3) is 0.192. The highest BCUT2D eigenvalue weighted by molar-refractivity contribution is 5.96. The fourth-order valence-corrected chi connectivity index (χ4v) is 3.86. The lowest BCUT2D eigenvalue weighted by Crippen LogP contribution is -2.35. The first-order valence-electron chi connectivity index (χ1n) is 10.8. The van der Waals surface area contributed by atoms with Gasteiger partial charge in [0.05, 0.1) is 11.0 Å². The number of carbonyl (C=O) groups excluding carboxylic acids is 1. The number of nitrogens with one attached hydrogen (secondary N) is 1. The molecule has 0 saturated carbocycles. The molecule has 1 amide bonds. The summed E-state index contributed by atoms with van der Waals surface area (Å²) < 4.78 is 1.51. The summed E-state index contributed by atoms with van der Waals surface area (Å²) in [4.78, 5) is 32.9. The van der Waals surface area contributed by atoms with Gasteiger partial charge in [0.1, 0.15) is 6.54 Å². The van der Waals surface area contributed by atoms with E-state index in [0.29, 0.717) is 35.6 Å². The molecule has 0 bridgehead atoms. The largest absolute Gasteiger partial charge is 0.353 e. The molecule has 6 nitrogen and oxygen atoms in total. The lowest BCUT2D eigenvalue weighted by molar-refractivity contribution is -0.116. The molecule has 0 fully saturated rings. The Bertz CT molecular complexity index is 1290. The molecule has 0 saturated heterocycles. The standard InChI is InChI=1S/C26H26N4O2/c1-3-29(4-2)25-26(32)30(23-17-11-10-16-22(23)28-25)18-24(31)27-21-15-9-8-14-20(21)19-12-6-5-7-13-19/h5-17H,3-4,18H2,1-2H3,(H,27,31). The van der Waals surface area contributed by atoms with E-state index in [9.17, 15) is 9.59 Å². The molecule has 1 heterocycles. The highest BCUT2D eigenvalue weighted by atomic mass is 16.2. The molecule has 32 heavy (non-hydrogen) atoms. The molecule has 0 aliphatic heterocycles. The summed E-state index contributed by atoms with van der Waals surface area (Å²) in [5.74, 6) is 0.100. The Morgan fingerprint density at radius 2 is 1.56 bits per heavy atom. The van der Waals surface area contributed by atoms with Crippen LogP contribution in [0.4, 0.5) is 11.5 Å². The minimum atomic E-state index is -0.266. The van der Waals surface area contributed by atoms with Crippen molar-refractivity contribution in [1.29, 1.82) is 0 Å². The molecule has 0 unspecified atom stereocenters. The van der Waals surface area contributed by atoms with Crippen LogP contribution in [-0.2, 0) is 11.3 Å². The number of amides is 1. The Morgan fingerprint density at radius 3 is 2.31 bits per heavy atom. The summed E-state index contributed by atoms with van der Waals surface area (Å²) in [5.41, 5.74) is 3.71. The van der Waals surface area contributed by atoms with Crippen molar-refractivity contribution in [2.45, 2.75) is 20.4 Å². The summed E-state index contributed by atoms with van der Waals surface area (Å²) >= 11 is 0.